The molecule has 0 saturated heterocycles. The van der Waals surface area contributed by atoms with E-state index in [0.29, 0.717) is 48.6 Å². The zero-order valence-corrected chi connectivity index (χ0v) is 16.2. The Kier molecular flexibility index (Phi) is 5.23. The number of hydrogen-bond donors (Lipinski definition) is 0. The standard InChI is InChI=1S/C20H19Cl2N3O2/c21-16-8-15(9-17(22)10-16)20(26)24-6-7-25-18(12-24)11-19(23-25)27-13-14-4-2-1-3-5-14/h1-5,8,10-11,15H,6-7,9,12-13H2. The first kappa shape index (κ1) is 18.1. The zero-order valence-electron chi connectivity index (χ0n) is 14.6. The van der Waals surface area contributed by atoms with E-state index in [1.165, 1.54) is 0 Å². The van der Waals surface area contributed by atoms with Gasteiger partial charge in [0.15, 0.2) is 0 Å². The van der Waals surface area contributed by atoms with Crippen molar-refractivity contribution in [3.63, 3.8) is 0 Å². The minimum Gasteiger partial charge on any atom is -0.472 e. The van der Waals surface area contributed by atoms with E-state index in [4.69, 9.17) is 27.9 Å². The highest BCUT2D eigenvalue weighted by atomic mass is 35.5. The number of carbonyl (C=O) groups is 1. The molecule has 140 valence electrons. The smallest absolute Gasteiger partial charge is 0.233 e. The molecule has 1 aliphatic carbocycles. The molecule has 1 unspecified atom stereocenters. The number of amides is 1. The van der Waals surface area contributed by atoms with E-state index in [0.717, 1.165) is 11.3 Å². The van der Waals surface area contributed by atoms with Gasteiger partial charge in [-0.2, -0.15) is 0 Å². The number of allylic oxidation sites excluding steroid dienone is 3. The summed E-state index contributed by atoms with van der Waals surface area (Å²) < 4.78 is 7.70. The van der Waals surface area contributed by atoms with Gasteiger partial charge in [0, 0.05) is 22.7 Å². The Morgan fingerprint density at radius 1 is 1.22 bits per heavy atom. The molecule has 1 aromatic carbocycles. The first-order chi connectivity index (χ1) is 13.1. The molecule has 0 N–H and O–H groups in total. The summed E-state index contributed by atoms with van der Waals surface area (Å²) in [6.45, 7) is 2.22. The number of benzene rings is 1. The van der Waals surface area contributed by atoms with Gasteiger partial charge < -0.3 is 9.64 Å². The van der Waals surface area contributed by atoms with Crippen molar-refractivity contribution in [3.8, 4) is 5.88 Å². The highest BCUT2D eigenvalue weighted by Crippen LogP contribution is 2.29. The number of hydrogen-bond acceptors (Lipinski definition) is 3. The van der Waals surface area contributed by atoms with Gasteiger partial charge >= 0.3 is 0 Å². The van der Waals surface area contributed by atoms with Crippen molar-refractivity contribution in [3.05, 3.63) is 69.9 Å². The van der Waals surface area contributed by atoms with Crippen molar-refractivity contribution in [1.29, 1.82) is 0 Å². The van der Waals surface area contributed by atoms with Crippen LogP contribution in [-0.4, -0.2) is 27.1 Å². The average Bonchev–Trinajstić information content (AvgIpc) is 3.08. The van der Waals surface area contributed by atoms with Crippen LogP contribution in [0.1, 0.15) is 17.7 Å². The van der Waals surface area contributed by atoms with Crippen LogP contribution in [0.2, 0.25) is 0 Å². The van der Waals surface area contributed by atoms with Gasteiger partial charge in [-0.1, -0.05) is 59.6 Å². The summed E-state index contributed by atoms with van der Waals surface area (Å²) >= 11 is 12.2. The summed E-state index contributed by atoms with van der Waals surface area (Å²) in [7, 11) is 0. The van der Waals surface area contributed by atoms with Crippen LogP contribution in [0.25, 0.3) is 0 Å². The number of fused-ring (bicyclic) bond motifs is 1. The molecule has 2 heterocycles. The Hall–Kier alpha value is -2.24. The van der Waals surface area contributed by atoms with Crippen molar-refractivity contribution in [2.45, 2.75) is 26.1 Å². The van der Waals surface area contributed by atoms with Crippen molar-refractivity contribution in [1.82, 2.24) is 14.7 Å². The maximum absolute atomic E-state index is 12.8. The molecular formula is C20H19Cl2N3O2. The van der Waals surface area contributed by atoms with Gasteiger partial charge in [-0.05, 0) is 18.1 Å². The van der Waals surface area contributed by atoms with Gasteiger partial charge in [0.1, 0.15) is 6.61 Å². The lowest BCUT2D eigenvalue weighted by Crippen LogP contribution is -2.41. The molecule has 1 atom stereocenters. The van der Waals surface area contributed by atoms with E-state index >= 15 is 0 Å². The Balaban J connectivity index is 1.40. The lowest BCUT2D eigenvalue weighted by molar-refractivity contribution is -0.135. The summed E-state index contributed by atoms with van der Waals surface area (Å²) in [6, 6.07) is 11.9. The highest BCUT2D eigenvalue weighted by Gasteiger charge is 2.29. The molecule has 2 aliphatic rings. The maximum atomic E-state index is 12.8. The second kappa shape index (κ2) is 7.79. The van der Waals surface area contributed by atoms with E-state index in [1.807, 2.05) is 46.0 Å². The van der Waals surface area contributed by atoms with Crippen LogP contribution < -0.4 is 4.74 Å². The molecule has 1 aliphatic heterocycles. The normalized spacial score (nSPS) is 19.2. The predicted molar refractivity (Wildman–Crippen MR) is 104 cm³/mol. The highest BCUT2D eigenvalue weighted by molar-refractivity contribution is 6.35. The molecule has 0 saturated carbocycles. The van der Waals surface area contributed by atoms with Crippen LogP contribution in [0, 0.1) is 5.92 Å². The van der Waals surface area contributed by atoms with Crippen LogP contribution in [-0.2, 0) is 24.5 Å². The van der Waals surface area contributed by atoms with Crippen molar-refractivity contribution >= 4 is 29.1 Å². The van der Waals surface area contributed by atoms with Crippen LogP contribution >= 0.6 is 23.2 Å². The lowest BCUT2D eigenvalue weighted by atomic mass is 9.98. The Morgan fingerprint density at radius 2 is 2.04 bits per heavy atom. The van der Waals surface area contributed by atoms with Gasteiger partial charge in [0.05, 0.1) is 24.7 Å². The molecule has 7 heteroatoms. The molecule has 0 bridgehead atoms. The second-order valence-corrected chi connectivity index (χ2v) is 7.61. The van der Waals surface area contributed by atoms with E-state index in [2.05, 4.69) is 5.10 Å². The Labute approximate surface area is 167 Å². The monoisotopic (exact) mass is 403 g/mol. The number of rotatable bonds is 4. The third-order valence-corrected chi connectivity index (χ3v) is 5.20. The molecule has 0 fully saturated rings. The molecule has 0 spiro atoms. The van der Waals surface area contributed by atoms with E-state index in [9.17, 15) is 4.79 Å². The maximum Gasteiger partial charge on any atom is 0.233 e. The average molecular weight is 404 g/mol. The molecule has 2 aromatic rings. The molecular weight excluding hydrogens is 385 g/mol. The van der Waals surface area contributed by atoms with Crippen molar-refractivity contribution in [2.75, 3.05) is 6.54 Å². The summed E-state index contributed by atoms with van der Waals surface area (Å²) in [6.07, 6.45) is 3.96. The topological polar surface area (TPSA) is 47.4 Å². The fourth-order valence-corrected chi connectivity index (χ4v) is 3.96. The first-order valence-electron chi connectivity index (χ1n) is 8.84. The third-order valence-electron chi connectivity index (χ3n) is 4.70. The van der Waals surface area contributed by atoms with E-state index in [1.54, 1.807) is 12.2 Å². The Morgan fingerprint density at radius 3 is 2.81 bits per heavy atom. The molecule has 1 aromatic heterocycles. The number of ether oxygens (including phenoxy) is 1. The fourth-order valence-electron chi connectivity index (χ4n) is 3.34. The van der Waals surface area contributed by atoms with Gasteiger partial charge in [-0.25, -0.2) is 0 Å². The van der Waals surface area contributed by atoms with Crippen LogP contribution in [0.4, 0.5) is 0 Å². The lowest BCUT2D eigenvalue weighted by Gasteiger charge is -2.30. The molecule has 1 amide bonds. The number of nitrogens with zero attached hydrogens (tertiary/aromatic N) is 3. The third kappa shape index (κ3) is 4.20. The second-order valence-electron chi connectivity index (χ2n) is 6.68. The predicted octanol–water partition coefficient (Wildman–Crippen LogP) is 4.07. The quantitative estimate of drug-likeness (QED) is 0.772. The van der Waals surface area contributed by atoms with Crippen molar-refractivity contribution in [2.24, 2.45) is 5.92 Å². The molecule has 5 nitrogen and oxygen atoms in total. The number of aromatic nitrogens is 2. The summed E-state index contributed by atoms with van der Waals surface area (Å²) in [5.74, 6) is 0.312. The number of carbonyl (C=O) groups excluding carboxylic acids is 1. The zero-order chi connectivity index (χ0) is 18.8. The molecule has 4 rings (SSSR count). The molecule has 0 radical (unpaired) electrons. The SMILES string of the molecule is O=C(C1C=C(Cl)C=C(Cl)C1)N1CCn2nc(OCc3ccccc3)cc2C1. The van der Waals surface area contributed by atoms with Crippen molar-refractivity contribution < 1.29 is 9.53 Å². The van der Waals surface area contributed by atoms with Crippen LogP contribution in [0.5, 0.6) is 5.88 Å². The summed E-state index contributed by atoms with van der Waals surface area (Å²) in [4.78, 5) is 14.7. The van der Waals surface area contributed by atoms with Gasteiger partial charge in [0.2, 0.25) is 11.8 Å². The van der Waals surface area contributed by atoms with Crippen LogP contribution in [0.15, 0.2) is 58.6 Å². The largest absolute Gasteiger partial charge is 0.472 e. The van der Waals surface area contributed by atoms with E-state index in [-0.39, 0.29) is 11.8 Å². The minimum absolute atomic E-state index is 0.0404. The number of halogens is 2. The summed E-state index contributed by atoms with van der Waals surface area (Å²) in [5.41, 5.74) is 2.05. The van der Waals surface area contributed by atoms with Gasteiger partial charge in [-0.15, -0.1) is 5.10 Å². The first-order valence-corrected chi connectivity index (χ1v) is 9.60. The summed E-state index contributed by atoms with van der Waals surface area (Å²) in [5, 5.41) is 5.62. The minimum atomic E-state index is -0.307. The molecule has 27 heavy (non-hydrogen) atoms. The Bertz CT molecular complexity index is 905. The van der Waals surface area contributed by atoms with Crippen LogP contribution in [0.3, 0.4) is 0 Å². The fraction of sp³-hybridized carbons (Fsp3) is 0.300. The van der Waals surface area contributed by atoms with Gasteiger partial charge in [-0.3, -0.25) is 9.48 Å². The van der Waals surface area contributed by atoms with Gasteiger partial charge in [0.25, 0.3) is 0 Å². The van der Waals surface area contributed by atoms with E-state index < -0.39 is 0 Å².